The molecule has 0 N–H and O–H groups in total. The maximum absolute atomic E-state index is 13.4. The first-order valence-corrected chi connectivity index (χ1v) is 12.5. The number of aryl methyl sites for hydroxylation is 1. The van der Waals surface area contributed by atoms with Crippen molar-refractivity contribution in [3.05, 3.63) is 82.6 Å². The summed E-state index contributed by atoms with van der Waals surface area (Å²) in [4.78, 5) is 27.3. The Labute approximate surface area is 222 Å². The maximum atomic E-state index is 13.4. The highest BCUT2D eigenvalue weighted by molar-refractivity contribution is 6.19. The molecule has 4 rings (SSSR count). The van der Waals surface area contributed by atoms with E-state index >= 15 is 0 Å². The van der Waals surface area contributed by atoms with Crippen LogP contribution in [0.4, 0.5) is 0 Å². The number of ether oxygens (including phenoxy) is 2. The fourth-order valence-corrected chi connectivity index (χ4v) is 4.27. The SMILES string of the molecule is CCCOc1ccc(-c2nn(-c3ccccc3)cc2/C=C2/C(=O)N(CCOC)C(=O)C(C#N)=C2C)cc1C. The molecule has 38 heavy (non-hydrogen) atoms. The number of aromatic nitrogens is 2. The Bertz CT molecular complexity index is 1460. The highest BCUT2D eigenvalue weighted by atomic mass is 16.5. The fourth-order valence-electron chi connectivity index (χ4n) is 4.27. The number of hydrogen-bond donors (Lipinski definition) is 0. The Balaban J connectivity index is 1.87. The second-order valence-corrected chi connectivity index (χ2v) is 8.97. The molecule has 3 aromatic rings. The summed E-state index contributed by atoms with van der Waals surface area (Å²) in [6.07, 6.45) is 4.47. The summed E-state index contributed by atoms with van der Waals surface area (Å²) >= 11 is 0. The maximum Gasteiger partial charge on any atom is 0.271 e. The van der Waals surface area contributed by atoms with Gasteiger partial charge in [-0.05, 0) is 67.8 Å². The van der Waals surface area contributed by atoms with Crippen LogP contribution in [0.25, 0.3) is 23.0 Å². The van der Waals surface area contributed by atoms with Gasteiger partial charge in [-0.1, -0.05) is 25.1 Å². The van der Waals surface area contributed by atoms with Crippen LogP contribution >= 0.6 is 0 Å². The number of hydrogen-bond acceptors (Lipinski definition) is 6. The zero-order valence-corrected chi connectivity index (χ0v) is 22.0. The van der Waals surface area contributed by atoms with E-state index in [1.165, 1.54) is 7.11 Å². The molecule has 0 fully saturated rings. The third kappa shape index (κ3) is 5.29. The highest BCUT2D eigenvalue weighted by Crippen LogP contribution is 2.33. The minimum absolute atomic E-state index is 0.0541. The van der Waals surface area contributed by atoms with Gasteiger partial charge in [0.05, 0.1) is 31.1 Å². The average Bonchev–Trinajstić information content (AvgIpc) is 3.35. The molecule has 0 saturated carbocycles. The molecule has 0 bridgehead atoms. The molecule has 0 unspecified atom stereocenters. The predicted molar refractivity (Wildman–Crippen MR) is 144 cm³/mol. The first-order chi connectivity index (χ1) is 18.4. The van der Waals surface area contributed by atoms with Gasteiger partial charge in [-0.3, -0.25) is 14.5 Å². The number of rotatable bonds is 9. The molecule has 0 atom stereocenters. The topological polar surface area (TPSA) is 97.4 Å². The van der Waals surface area contributed by atoms with Crippen molar-refractivity contribution >= 4 is 17.9 Å². The molecule has 0 radical (unpaired) electrons. The molecule has 194 valence electrons. The van der Waals surface area contributed by atoms with Crippen LogP contribution in [0, 0.1) is 18.3 Å². The third-order valence-electron chi connectivity index (χ3n) is 6.32. The average molecular weight is 511 g/mol. The first-order valence-electron chi connectivity index (χ1n) is 12.5. The predicted octanol–water partition coefficient (Wildman–Crippen LogP) is 4.88. The van der Waals surface area contributed by atoms with Crippen molar-refractivity contribution in [1.29, 1.82) is 5.26 Å². The molecule has 8 heteroatoms. The minimum atomic E-state index is -0.609. The van der Waals surface area contributed by atoms with E-state index in [9.17, 15) is 14.9 Å². The van der Waals surface area contributed by atoms with E-state index in [2.05, 4.69) is 6.92 Å². The highest BCUT2D eigenvalue weighted by Gasteiger charge is 2.35. The number of amides is 2. The van der Waals surface area contributed by atoms with Crippen LogP contribution in [-0.4, -0.2) is 53.4 Å². The lowest BCUT2D eigenvalue weighted by atomic mass is 9.93. The van der Waals surface area contributed by atoms with Crippen LogP contribution < -0.4 is 4.74 Å². The van der Waals surface area contributed by atoms with Gasteiger partial charge in [0.25, 0.3) is 11.8 Å². The van der Waals surface area contributed by atoms with Gasteiger partial charge < -0.3 is 9.47 Å². The second kappa shape index (κ2) is 11.7. The number of methoxy groups -OCH3 is 1. The largest absolute Gasteiger partial charge is 0.493 e. The van der Waals surface area contributed by atoms with Gasteiger partial charge in [0, 0.05) is 30.0 Å². The molecule has 0 aliphatic carbocycles. The number of carbonyl (C=O) groups is 2. The van der Waals surface area contributed by atoms with E-state index in [4.69, 9.17) is 14.6 Å². The minimum Gasteiger partial charge on any atom is -0.493 e. The van der Waals surface area contributed by atoms with Crippen molar-refractivity contribution in [3.8, 4) is 28.8 Å². The molecule has 2 heterocycles. The second-order valence-electron chi connectivity index (χ2n) is 8.97. The van der Waals surface area contributed by atoms with E-state index in [0.29, 0.717) is 23.4 Å². The van der Waals surface area contributed by atoms with Crippen molar-refractivity contribution < 1.29 is 19.1 Å². The number of nitriles is 1. The summed E-state index contributed by atoms with van der Waals surface area (Å²) in [7, 11) is 1.49. The van der Waals surface area contributed by atoms with E-state index in [0.717, 1.165) is 33.9 Å². The number of carbonyl (C=O) groups excluding carboxylic acids is 2. The van der Waals surface area contributed by atoms with Crippen LogP contribution in [0.15, 0.2) is 71.4 Å². The van der Waals surface area contributed by atoms with Gasteiger partial charge in [0.2, 0.25) is 0 Å². The fraction of sp³-hybridized carbons (Fsp3) is 0.267. The molecule has 1 aliphatic heterocycles. The number of para-hydroxylation sites is 1. The molecule has 1 aromatic heterocycles. The number of imide groups is 1. The molecular formula is C30H30N4O4. The van der Waals surface area contributed by atoms with E-state index in [-0.39, 0.29) is 24.3 Å². The van der Waals surface area contributed by atoms with Gasteiger partial charge >= 0.3 is 0 Å². The number of benzene rings is 2. The molecule has 0 spiro atoms. The van der Waals surface area contributed by atoms with Crippen LogP contribution in [0.1, 0.15) is 31.4 Å². The molecule has 8 nitrogen and oxygen atoms in total. The third-order valence-corrected chi connectivity index (χ3v) is 6.32. The van der Waals surface area contributed by atoms with Crippen molar-refractivity contribution in [2.24, 2.45) is 0 Å². The lowest BCUT2D eigenvalue weighted by molar-refractivity contribution is -0.141. The molecule has 1 aliphatic rings. The lowest BCUT2D eigenvalue weighted by Gasteiger charge is -2.27. The van der Waals surface area contributed by atoms with Crippen LogP contribution in [0.3, 0.4) is 0 Å². The Morgan fingerprint density at radius 1 is 1.05 bits per heavy atom. The summed E-state index contributed by atoms with van der Waals surface area (Å²) in [5, 5.41) is 14.6. The Morgan fingerprint density at radius 2 is 1.82 bits per heavy atom. The quantitative estimate of drug-likeness (QED) is 0.301. The Hall–Kier alpha value is -4.48. The molecule has 2 amide bonds. The van der Waals surface area contributed by atoms with Gasteiger partial charge in [0.15, 0.2) is 0 Å². The van der Waals surface area contributed by atoms with Crippen molar-refractivity contribution in [2.45, 2.75) is 27.2 Å². The lowest BCUT2D eigenvalue weighted by Crippen LogP contribution is -2.44. The summed E-state index contributed by atoms with van der Waals surface area (Å²) in [5.74, 6) is -0.269. The molecular weight excluding hydrogens is 480 g/mol. The van der Waals surface area contributed by atoms with Crippen molar-refractivity contribution in [1.82, 2.24) is 14.7 Å². The van der Waals surface area contributed by atoms with Crippen LogP contribution in [-0.2, 0) is 14.3 Å². The number of nitrogens with zero attached hydrogens (tertiary/aromatic N) is 4. The molecule has 2 aromatic carbocycles. The summed E-state index contributed by atoms with van der Waals surface area (Å²) in [6, 6.07) is 17.5. The van der Waals surface area contributed by atoms with Crippen molar-refractivity contribution in [2.75, 3.05) is 26.9 Å². The van der Waals surface area contributed by atoms with E-state index < -0.39 is 11.8 Å². The Morgan fingerprint density at radius 3 is 2.47 bits per heavy atom. The summed E-state index contributed by atoms with van der Waals surface area (Å²) in [6.45, 7) is 6.53. The first kappa shape index (κ1) is 26.6. The zero-order chi connectivity index (χ0) is 27.2. The normalized spacial score (nSPS) is 14.8. The van der Waals surface area contributed by atoms with E-state index in [1.807, 2.05) is 67.7 Å². The Kier molecular flexibility index (Phi) is 8.19. The van der Waals surface area contributed by atoms with Gasteiger partial charge in [-0.25, -0.2) is 4.68 Å². The van der Waals surface area contributed by atoms with Crippen molar-refractivity contribution in [3.63, 3.8) is 0 Å². The standard InChI is InChI=1S/C30H30N4O4/c1-5-14-38-27-12-11-22(16-20(27)2)28-23(19-34(32-28)24-9-7-6-8-10-24)17-25-21(3)26(18-31)30(36)33(29(25)35)13-15-37-4/h6-12,16-17,19H,5,13-15H2,1-4H3/b25-17+. The van der Waals surface area contributed by atoms with Crippen LogP contribution in [0.2, 0.25) is 0 Å². The van der Waals surface area contributed by atoms with Crippen LogP contribution in [0.5, 0.6) is 5.75 Å². The monoisotopic (exact) mass is 510 g/mol. The van der Waals surface area contributed by atoms with Gasteiger partial charge in [-0.15, -0.1) is 0 Å². The van der Waals surface area contributed by atoms with Gasteiger partial charge in [0.1, 0.15) is 17.4 Å². The molecule has 0 saturated heterocycles. The summed E-state index contributed by atoms with van der Waals surface area (Å²) in [5.41, 5.74) is 4.57. The summed E-state index contributed by atoms with van der Waals surface area (Å²) < 4.78 is 12.7. The van der Waals surface area contributed by atoms with Gasteiger partial charge in [-0.2, -0.15) is 10.4 Å². The zero-order valence-electron chi connectivity index (χ0n) is 22.0. The smallest absolute Gasteiger partial charge is 0.271 e. The van der Waals surface area contributed by atoms with E-state index in [1.54, 1.807) is 17.7 Å².